The van der Waals surface area contributed by atoms with Crippen LogP contribution in [-0.4, -0.2) is 41.6 Å². The first-order chi connectivity index (χ1) is 12.1. The third kappa shape index (κ3) is 4.45. The van der Waals surface area contributed by atoms with E-state index in [1.807, 2.05) is 35.2 Å². The van der Waals surface area contributed by atoms with Crippen LogP contribution in [0.2, 0.25) is 0 Å². The van der Waals surface area contributed by atoms with Gasteiger partial charge >= 0.3 is 5.97 Å². The molecule has 1 amide bonds. The summed E-state index contributed by atoms with van der Waals surface area (Å²) in [4.78, 5) is 25.2. The fourth-order valence-corrected chi connectivity index (χ4v) is 3.01. The Balaban J connectivity index is 1.48. The number of nitrogens with zero attached hydrogens (tertiary/aromatic N) is 1. The summed E-state index contributed by atoms with van der Waals surface area (Å²) < 4.78 is 5.78. The van der Waals surface area contributed by atoms with E-state index in [1.165, 1.54) is 12.1 Å². The van der Waals surface area contributed by atoms with Crippen molar-refractivity contribution in [1.29, 1.82) is 0 Å². The SMILES string of the molecule is O=C(O)c1ccc(C(=O)N2CC[C@H](COCc3ccccc3)C2)cc1. The number of aromatic carboxylic acids is 1. The van der Waals surface area contributed by atoms with E-state index in [-0.39, 0.29) is 11.5 Å². The van der Waals surface area contributed by atoms with Crippen molar-refractivity contribution in [3.8, 4) is 0 Å². The highest BCUT2D eigenvalue weighted by molar-refractivity contribution is 5.96. The number of likely N-dealkylation sites (tertiary alicyclic amines) is 1. The summed E-state index contributed by atoms with van der Waals surface area (Å²) >= 11 is 0. The van der Waals surface area contributed by atoms with Gasteiger partial charge in [-0.1, -0.05) is 30.3 Å². The molecule has 1 aliphatic rings. The molecule has 0 aromatic heterocycles. The quantitative estimate of drug-likeness (QED) is 0.878. The smallest absolute Gasteiger partial charge is 0.335 e. The van der Waals surface area contributed by atoms with Crippen LogP contribution < -0.4 is 0 Å². The number of hydrogen-bond acceptors (Lipinski definition) is 3. The number of benzene rings is 2. The number of carboxylic acid groups (broad SMARTS) is 1. The van der Waals surface area contributed by atoms with Crippen molar-refractivity contribution in [3.05, 3.63) is 71.3 Å². The molecule has 2 aromatic rings. The maximum atomic E-state index is 12.5. The Labute approximate surface area is 146 Å². The molecular formula is C20H21NO4. The van der Waals surface area contributed by atoms with Gasteiger partial charge in [0.25, 0.3) is 5.91 Å². The highest BCUT2D eigenvalue weighted by atomic mass is 16.5. The van der Waals surface area contributed by atoms with Crippen LogP contribution in [0.3, 0.4) is 0 Å². The van der Waals surface area contributed by atoms with Crippen LogP contribution >= 0.6 is 0 Å². The van der Waals surface area contributed by atoms with E-state index in [4.69, 9.17) is 9.84 Å². The largest absolute Gasteiger partial charge is 0.478 e. The summed E-state index contributed by atoms with van der Waals surface area (Å²) in [6.07, 6.45) is 0.924. The van der Waals surface area contributed by atoms with Crippen LogP contribution in [0, 0.1) is 5.92 Å². The van der Waals surface area contributed by atoms with Gasteiger partial charge in [0.05, 0.1) is 18.8 Å². The molecule has 5 nitrogen and oxygen atoms in total. The number of ether oxygens (including phenoxy) is 1. The number of amides is 1. The number of hydrogen-bond donors (Lipinski definition) is 1. The standard InChI is InChI=1S/C20H21NO4/c22-19(17-6-8-18(9-7-17)20(23)24)21-11-10-16(12-21)14-25-13-15-4-2-1-3-5-15/h1-9,16H,10-14H2,(H,23,24)/t16-/m0/s1. The lowest BCUT2D eigenvalue weighted by molar-refractivity contribution is 0.0693. The zero-order valence-electron chi connectivity index (χ0n) is 13.9. The van der Waals surface area contributed by atoms with E-state index in [2.05, 4.69) is 0 Å². The number of rotatable bonds is 6. The maximum Gasteiger partial charge on any atom is 0.335 e. The zero-order chi connectivity index (χ0) is 17.6. The molecule has 1 aliphatic heterocycles. The molecule has 1 saturated heterocycles. The molecule has 0 saturated carbocycles. The van der Waals surface area contributed by atoms with E-state index >= 15 is 0 Å². The Morgan fingerprint density at radius 3 is 2.40 bits per heavy atom. The fraction of sp³-hybridized carbons (Fsp3) is 0.300. The zero-order valence-corrected chi connectivity index (χ0v) is 13.9. The summed E-state index contributed by atoms with van der Waals surface area (Å²) in [6.45, 7) is 2.60. The summed E-state index contributed by atoms with van der Waals surface area (Å²) in [5.74, 6) is -0.704. The van der Waals surface area contributed by atoms with Gasteiger partial charge in [-0.3, -0.25) is 4.79 Å². The number of carbonyl (C=O) groups is 2. The Kier molecular flexibility index (Phi) is 5.46. The Morgan fingerprint density at radius 1 is 1.04 bits per heavy atom. The molecule has 0 bridgehead atoms. The van der Waals surface area contributed by atoms with Gasteiger partial charge in [0, 0.05) is 24.6 Å². The monoisotopic (exact) mass is 339 g/mol. The third-order valence-corrected chi connectivity index (χ3v) is 4.42. The first-order valence-electron chi connectivity index (χ1n) is 8.38. The molecule has 130 valence electrons. The van der Waals surface area contributed by atoms with Gasteiger partial charge in [-0.2, -0.15) is 0 Å². The molecule has 25 heavy (non-hydrogen) atoms. The van der Waals surface area contributed by atoms with Gasteiger partial charge in [-0.05, 0) is 36.2 Å². The summed E-state index contributed by atoms with van der Waals surface area (Å²) in [5, 5.41) is 8.92. The molecule has 1 fully saturated rings. The Bertz CT molecular complexity index is 727. The third-order valence-electron chi connectivity index (χ3n) is 4.42. The van der Waals surface area contributed by atoms with Crippen molar-refractivity contribution in [2.45, 2.75) is 13.0 Å². The van der Waals surface area contributed by atoms with Crippen LogP contribution in [0.25, 0.3) is 0 Å². The molecule has 0 unspecified atom stereocenters. The number of carbonyl (C=O) groups excluding carboxylic acids is 1. The van der Waals surface area contributed by atoms with Gasteiger partial charge in [-0.15, -0.1) is 0 Å². The van der Waals surface area contributed by atoms with Crippen molar-refractivity contribution in [1.82, 2.24) is 4.90 Å². The van der Waals surface area contributed by atoms with Crippen molar-refractivity contribution in [3.63, 3.8) is 0 Å². The van der Waals surface area contributed by atoms with Crippen LogP contribution in [0.15, 0.2) is 54.6 Å². The lowest BCUT2D eigenvalue weighted by Crippen LogP contribution is -2.29. The Hall–Kier alpha value is -2.66. The van der Waals surface area contributed by atoms with Gasteiger partial charge in [0.2, 0.25) is 0 Å². The second-order valence-electron chi connectivity index (χ2n) is 6.29. The molecular weight excluding hydrogens is 318 g/mol. The topological polar surface area (TPSA) is 66.8 Å². The molecule has 1 N–H and O–H groups in total. The second kappa shape index (κ2) is 7.94. The lowest BCUT2D eigenvalue weighted by Gasteiger charge is -2.17. The number of carboxylic acids is 1. The van der Waals surface area contributed by atoms with Gasteiger partial charge < -0.3 is 14.7 Å². The molecule has 0 radical (unpaired) electrons. The maximum absolute atomic E-state index is 12.5. The highest BCUT2D eigenvalue weighted by Gasteiger charge is 2.27. The minimum absolute atomic E-state index is 0.0532. The first kappa shape index (κ1) is 17.2. The van der Waals surface area contributed by atoms with Crippen molar-refractivity contribution in [2.75, 3.05) is 19.7 Å². The predicted octanol–water partition coefficient (Wildman–Crippen LogP) is 3.06. The summed E-state index contributed by atoms with van der Waals surface area (Å²) in [5.41, 5.74) is 1.85. The predicted molar refractivity (Wildman–Crippen MR) is 93.5 cm³/mol. The molecule has 0 aliphatic carbocycles. The molecule has 1 atom stereocenters. The fourth-order valence-electron chi connectivity index (χ4n) is 3.01. The van der Waals surface area contributed by atoms with E-state index < -0.39 is 5.97 Å². The van der Waals surface area contributed by atoms with E-state index in [0.29, 0.717) is 37.8 Å². The second-order valence-corrected chi connectivity index (χ2v) is 6.29. The molecule has 3 rings (SSSR count). The average Bonchev–Trinajstić information content (AvgIpc) is 3.11. The van der Waals surface area contributed by atoms with Crippen molar-refractivity contribution < 1.29 is 19.4 Å². The highest BCUT2D eigenvalue weighted by Crippen LogP contribution is 2.20. The van der Waals surface area contributed by atoms with Crippen molar-refractivity contribution >= 4 is 11.9 Å². The summed E-state index contributed by atoms with van der Waals surface area (Å²) in [6, 6.07) is 16.1. The molecule has 0 spiro atoms. The minimum atomic E-state index is -0.990. The molecule has 2 aromatic carbocycles. The molecule has 1 heterocycles. The van der Waals surface area contributed by atoms with Gasteiger partial charge in [-0.25, -0.2) is 4.79 Å². The van der Waals surface area contributed by atoms with Crippen molar-refractivity contribution in [2.24, 2.45) is 5.92 Å². The first-order valence-corrected chi connectivity index (χ1v) is 8.38. The normalized spacial score (nSPS) is 16.8. The van der Waals surface area contributed by atoms with Crippen LogP contribution in [0.5, 0.6) is 0 Å². The summed E-state index contributed by atoms with van der Waals surface area (Å²) in [7, 11) is 0. The minimum Gasteiger partial charge on any atom is -0.478 e. The van der Waals surface area contributed by atoms with Crippen LogP contribution in [-0.2, 0) is 11.3 Å². The lowest BCUT2D eigenvalue weighted by atomic mass is 10.1. The van der Waals surface area contributed by atoms with Gasteiger partial charge in [0.15, 0.2) is 0 Å². The van der Waals surface area contributed by atoms with Gasteiger partial charge in [0.1, 0.15) is 0 Å². The van der Waals surface area contributed by atoms with Crippen LogP contribution in [0.1, 0.15) is 32.7 Å². The Morgan fingerprint density at radius 2 is 1.72 bits per heavy atom. The van der Waals surface area contributed by atoms with E-state index in [0.717, 1.165) is 12.0 Å². The van der Waals surface area contributed by atoms with E-state index in [1.54, 1.807) is 12.1 Å². The van der Waals surface area contributed by atoms with Crippen LogP contribution in [0.4, 0.5) is 0 Å². The molecule has 5 heteroatoms. The van der Waals surface area contributed by atoms with E-state index in [9.17, 15) is 9.59 Å². The average molecular weight is 339 g/mol.